The Morgan fingerprint density at radius 3 is 2.33 bits per heavy atom. The van der Waals surface area contributed by atoms with Crippen molar-refractivity contribution in [2.24, 2.45) is 0 Å². The van der Waals surface area contributed by atoms with Crippen molar-refractivity contribution in [2.45, 2.75) is 18.1 Å². The first kappa shape index (κ1) is 21.0. The summed E-state index contributed by atoms with van der Waals surface area (Å²) in [7, 11) is -3.51. The molecule has 2 aromatic heterocycles. The maximum atomic E-state index is 12.8. The molecule has 1 aromatic carbocycles. The van der Waals surface area contributed by atoms with Crippen molar-refractivity contribution >= 4 is 50.4 Å². The Labute approximate surface area is 185 Å². The highest BCUT2D eigenvalue weighted by molar-refractivity contribution is 7.91. The molecule has 1 aliphatic rings. The van der Waals surface area contributed by atoms with E-state index in [0.717, 1.165) is 28.5 Å². The quantitative estimate of drug-likeness (QED) is 0.614. The van der Waals surface area contributed by atoms with E-state index in [1.165, 1.54) is 9.87 Å². The fourth-order valence-electron chi connectivity index (χ4n) is 3.26. The monoisotopic (exact) mass is 463 g/mol. The summed E-state index contributed by atoms with van der Waals surface area (Å²) in [5.41, 5.74) is 2.95. The molecule has 1 N–H and O–H groups in total. The SMILES string of the molecule is Cc1ccc(Nc2nc(C)cc(N3CCN(S(=O)(=O)c4ccc(Cl)s4)CC3)n2)cc1. The lowest BCUT2D eigenvalue weighted by Crippen LogP contribution is -2.48. The summed E-state index contributed by atoms with van der Waals surface area (Å²) in [6.45, 7) is 5.85. The van der Waals surface area contributed by atoms with E-state index in [1.54, 1.807) is 12.1 Å². The fourth-order valence-corrected chi connectivity index (χ4v) is 6.32. The van der Waals surface area contributed by atoms with Gasteiger partial charge in [-0.1, -0.05) is 29.3 Å². The van der Waals surface area contributed by atoms with Crippen molar-refractivity contribution in [1.82, 2.24) is 14.3 Å². The highest BCUT2D eigenvalue weighted by atomic mass is 35.5. The minimum Gasteiger partial charge on any atom is -0.354 e. The third-order valence-electron chi connectivity index (χ3n) is 4.85. The van der Waals surface area contributed by atoms with Gasteiger partial charge in [-0.2, -0.15) is 9.29 Å². The van der Waals surface area contributed by atoms with Gasteiger partial charge in [0.25, 0.3) is 10.0 Å². The number of hydrogen-bond acceptors (Lipinski definition) is 7. The van der Waals surface area contributed by atoms with Crippen molar-refractivity contribution in [3.05, 3.63) is 58.1 Å². The van der Waals surface area contributed by atoms with Crippen molar-refractivity contribution in [1.29, 1.82) is 0 Å². The number of rotatable bonds is 5. The largest absolute Gasteiger partial charge is 0.354 e. The Kier molecular flexibility index (Phi) is 5.97. The standard InChI is InChI=1S/C20H22ClN5O2S2/c1-14-3-5-16(6-4-14)23-20-22-15(2)13-18(24-20)25-9-11-26(12-10-25)30(27,28)19-8-7-17(21)29-19/h3-8,13H,9-12H2,1-2H3,(H,22,23,24). The first-order valence-electron chi connectivity index (χ1n) is 9.51. The minimum absolute atomic E-state index is 0.281. The Bertz CT molecular complexity index is 1140. The van der Waals surface area contributed by atoms with E-state index in [2.05, 4.69) is 20.2 Å². The molecule has 0 radical (unpaired) electrons. The predicted octanol–water partition coefficient (Wildman–Crippen LogP) is 4.06. The van der Waals surface area contributed by atoms with Gasteiger partial charge in [0.15, 0.2) is 0 Å². The molecule has 1 saturated heterocycles. The molecule has 0 atom stereocenters. The highest BCUT2D eigenvalue weighted by Crippen LogP contribution is 2.29. The van der Waals surface area contributed by atoms with Gasteiger partial charge in [-0.3, -0.25) is 0 Å². The van der Waals surface area contributed by atoms with Gasteiger partial charge in [0.2, 0.25) is 5.95 Å². The molecule has 3 aromatic rings. The average molecular weight is 464 g/mol. The number of nitrogens with one attached hydrogen (secondary N) is 1. The number of aryl methyl sites for hydroxylation is 2. The average Bonchev–Trinajstić information content (AvgIpc) is 3.17. The number of sulfonamides is 1. The lowest BCUT2D eigenvalue weighted by molar-refractivity contribution is 0.384. The second-order valence-electron chi connectivity index (χ2n) is 7.13. The van der Waals surface area contributed by atoms with Crippen molar-refractivity contribution in [2.75, 3.05) is 36.4 Å². The molecule has 158 valence electrons. The number of thiophene rings is 1. The van der Waals surface area contributed by atoms with Crippen LogP contribution in [0.2, 0.25) is 4.34 Å². The Morgan fingerprint density at radius 2 is 1.70 bits per heavy atom. The first-order valence-corrected chi connectivity index (χ1v) is 12.1. The van der Waals surface area contributed by atoms with Crippen LogP contribution in [-0.2, 0) is 10.0 Å². The molecule has 10 heteroatoms. The topological polar surface area (TPSA) is 78.4 Å². The molecule has 0 unspecified atom stereocenters. The molecule has 7 nitrogen and oxygen atoms in total. The molecule has 0 amide bonds. The second kappa shape index (κ2) is 8.50. The van der Waals surface area contributed by atoms with Crippen LogP contribution in [0.3, 0.4) is 0 Å². The lowest BCUT2D eigenvalue weighted by atomic mass is 10.2. The molecule has 0 bridgehead atoms. The summed E-state index contributed by atoms with van der Waals surface area (Å²) in [4.78, 5) is 11.2. The van der Waals surface area contributed by atoms with Gasteiger partial charge in [-0.25, -0.2) is 13.4 Å². The van der Waals surface area contributed by atoms with E-state index in [1.807, 2.05) is 44.2 Å². The van der Waals surface area contributed by atoms with Crippen LogP contribution in [0.5, 0.6) is 0 Å². The Hall–Kier alpha value is -2.20. The van der Waals surface area contributed by atoms with Crippen LogP contribution in [-0.4, -0.2) is 48.9 Å². The molecule has 4 rings (SSSR count). The van der Waals surface area contributed by atoms with E-state index in [4.69, 9.17) is 11.6 Å². The number of piperazine rings is 1. The third kappa shape index (κ3) is 4.59. The second-order valence-corrected chi connectivity index (χ2v) is 11.0. The van der Waals surface area contributed by atoms with Crippen molar-refractivity contribution in [3.63, 3.8) is 0 Å². The predicted molar refractivity (Wildman–Crippen MR) is 122 cm³/mol. The maximum Gasteiger partial charge on any atom is 0.252 e. The normalized spacial score (nSPS) is 15.4. The zero-order chi connectivity index (χ0) is 21.3. The maximum absolute atomic E-state index is 12.8. The molecule has 1 fully saturated rings. The summed E-state index contributed by atoms with van der Waals surface area (Å²) >= 11 is 7.00. The van der Waals surface area contributed by atoms with Crippen molar-refractivity contribution < 1.29 is 8.42 Å². The molecule has 0 aliphatic carbocycles. The van der Waals surface area contributed by atoms with E-state index in [9.17, 15) is 8.42 Å². The summed E-state index contributed by atoms with van der Waals surface area (Å²) in [5.74, 6) is 1.31. The zero-order valence-electron chi connectivity index (χ0n) is 16.7. The first-order chi connectivity index (χ1) is 14.3. The van der Waals surface area contributed by atoms with Crippen LogP contribution < -0.4 is 10.2 Å². The van der Waals surface area contributed by atoms with Gasteiger partial charge < -0.3 is 10.2 Å². The molecule has 30 heavy (non-hydrogen) atoms. The van der Waals surface area contributed by atoms with Gasteiger partial charge in [0, 0.05) is 43.6 Å². The van der Waals surface area contributed by atoms with Crippen LogP contribution >= 0.6 is 22.9 Å². The van der Waals surface area contributed by atoms with Crippen LogP contribution in [0, 0.1) is 13.8 Å². The molecule has 3 heterocycles. The van der Waals surface area contributed by atoms with Crippen LogP contribution in [0.15, 0.2) is 46.7 Å². The van der Waals surface area contributed by atoms with Gasteiger partial charge >= 0.3 is 0 Å². The van der Waals surface area contributed by atoms with Gasteiger partial charge in [0.1, 0.15) is 10.0 Å². The van der Waals surface area contributed by atoms with E-state index < -0.39 is 10.0 Å². The van der Waals surface area contributed by atoms with E-state index >= 15 is 0 Å². The van der Waals surface area contributed by atoms with E-state index in [0.29, 0.717) is 36.5 Å². The van der Waals surface area contributed by atoms with Crippen LogP contribution in [0.4, 0.5) is 17.5 Å². The molecular formula is C20H22ClN5O2S2. The zero-order valence-corrected chi connectivity index (χ0v) is 19.1. The van der Waals surface area contributed by atoms with E-state index in [-0.39, 0.29) is 4.21 Å². The summed E-state index contributed by atoms with van der Waals surface area (Å²) in [6, 6.07) is 13.1. The third-order valence-corrected chi connectivity index (χ3v) is 8.45. The summed E-state index contributed by atoms with van der Waals surface area (Å²) < 4.78 is 27.9. The van der Waals surface area contributed by atoms with Crippen LogP contribution in [0.1, 0.15) is 11.3 Å². The minimum atomic E-state index is -3.51. The summed E-state index contributed by atoms with van der Waals surface area (Å²) in [5, 5.41) is 3.24. The van der Waals surface area contributed by atoms with Gasteiger partial charge in [-0.05, 0) is 38.1 Å². The molecule has 0 saturated carbocycles. The molecule has 0 spiro atoms. The van der Waals surface area contributed by atoms with Crippen molar-refractivity contribution in [3.8, 4) is 0 Å². The summed E-state index contributed by atoms with van der Waals surface area (Å²) in [6.07, 6.45) is 0. The van der Waals surface area contributed by atoms with Crippen LogP contribution in [0.25, 0.3) is 0 Å². The number of anilines is 3. The highest BCUT2D eigenvalue weighted by Gasteiger charge is 2.30. The smallest absolute Gasteiger partial charge is 0.252 e. The molecular weight excluding hydrogens is 442 g/mol. The van der Waals surface area contributed by atoms with Gasteiger partial charge in [0.05, 0.1) is 4.34 Å². The lowest BCUT2D eigenvalue weighted by Gasteiger charge is -2.34. The number of aromatic nitrogens is 2. The number of benzene rings is 1. The fraction of sp³-hybridized carbons (Fsp3) is 0.300. The Balaban J connectivity index is 1.47. The van der Waals surface area contributed by atoms with Gasteiger partial charge in [-0.15, -0.1) is 11.3 Å². The number of nitrogens with zero attached hydrogens (tertiary/aromatic N) is 4. The Morgan fingerprint density at radius 1 is 1.00 bits per heavy atom. The number of hydrogen-bond donors (Lipinski definition) is 1. The molecule has 1 aliphatic heterocycles. The number of halogens is 1.